The quantitative estimate of drug-likeness (QED) is 0.828. The highest BCUT2D eigenvalue weighted by molar-refractivity contribution is 5.90. The van der Waals surface area contributed by atoms with E-state index in [9.17, 15) is 27.9 Å². The number of ether oxygens (including phenoxy) is 1. The van der Waals surface area contributed by atoms with Gasteiger partial charge in [-0.2, -0.15) is 13.2 Å². The van der Waals surface area contributed by atoms with Gasteiger partial charge in [-0.05, 0) is 51.3 Å². The highest BCUT2D eigenvalue weighted by atomic mass is 19.4. The summed E-state index contributed by atoms with van der Waals surface area (Å²) < 4.78 is 43.9. The number of hydrogen-bond donors (Lipinski definition) is 1. The lowest BCUT2D eigenvalue weighted by Gasteiger charge is -2.34. The molecule has 1 heterocycles. The minimum Gasteiger partial charge on any atom is -0.478 e. The average Bonchev–Trinajstić information content (AvgIpc) is 2.52. The van der Waals surface area contributed by atoms with E-state index in [1.165, 1.54) is 11.0 Å². The van der Waals surface area contributed by atoms with Crippen LogP contribution in [0.25, 0.3) is 0 Å². The van der Waals surface area contributed by atoms with E-state index in [-0.39, 0.29) is 18.0 Å². The van der Waals surface area contributed by atoms with Crippen molar-refractivity contribution in [2.24, 2.45) is 0 Å². The van der Waals surface area contributed by atoms with E-state index in [0.29, 0.717) is 31.0 Å². The number of likely N-dealkylation sites (tertiary alicyclic amines) is 1. The molecule has 1 unspecified atom stereocenters. The van der Waals surface area contributed by atoms with E-state index in [1.807, 2.05) is 0 Å². The molecule has 0 radical (unpaired) electrons. The third-order valence-electron chi connectivity index (χ3n) is 4.12. The first kappa shape index (κ1) is 20.1. The van der Waals surface area contributed by atoms with E-state index >= 15 is 0 Å². The molecule has 1 aromatic rings. The van der Waals surface area contributed by atoms with Crippen molar-refractivity contribution >= 4 is 12.1 Å². The Morgan fingerprint density at radius 3 is 2.42 bits per heavy atom. The molecule has 1 aromatic carbocycles. The first-order valence-corrected chi connectivity index (χ1v) is 8.31. The molecule has 1 amide bonds. The molecule has 5 nitrogen and oxygen atoms in total. The molecule has 8 heteroatoms. The number of carboxylic acids is 1. The van der Waals surface area contributed by atoms with Crippen LogP contribution in [0.3, 0.4) is 0 Å². The van der Waals surface area contributed by atoms with Crippen LogP contribution in [0.2, 0.25) is 0 Å². The lowest BCUT2D eigenvalue weighted by Crippen LogP contribution is -2.42. The zero-order valence-corrected chi connectivity index (χ0v) is 14.9. The number of nitrogens with zero attached hydrogens (tertiary/aromatic N) is 1. The van der Waals surface area contributed by atoms with Crippen LogP contribution >= 0.6 is 0 Å². The maximum absolute atomic E-state index is 12.9. The third-order valence-corrected chi connectivity index (χ3v) is 4.12. The van der Waals surface area contributed by atoms with Gasteiger partial charge in [-0.3, -0.25) is 0 Å². The minimum atomic E-state index is -4.61. The van der Waals surface area contributed by atoms with Gasteiger partial charge in [0.25, 0.3) is 0 Å². The summed E-state index contributed by atoms with van der Waals surface area (Å²) >= 11 is 0. The fourth-order valence-electron chi connectivity index (χ4n) is 3.00. The molecule has 0 saturated carbocycles. The summed E-state index contributed by atoms with van der Waals surface area (Å²) in [5, 5.41) is 9.34. The minimum absolute atomic E-state index is 0.209. The van der Waals surface area contributed by atoms with Crippen molar-refractivity contribution in [3.63, 3.8) is 0 Å². The molecule has 0 aromatic heterocycles. The number of hydrogen-bond acceptors (Lipinski definition) is 3. The number of carboxylic acid groups (broad SMARTS) is 1. The number of aromatic carboxylic acids is 1. The lowest BCUT2D eigenvalue weighted by atomic mass is 9.86. The first-order valence-electron chi connectivity index (χ1n) is 8.31. The second-order valence-electron chi connectivity index (χ2n) is 7.37. The van der Waals surface area contributed by atoms with E-state index in [0.717, 1.165) is 6.07 Å². The lowest BCUT2D eigenvalue weighted by molar-refractivity contribution is -0.137. The summed E-state index contributed by atoms with van der Waals surface area (Å²) in [4.78, 5) is 25.2. The van der Waals surface area contributed by atoms with Crippen molar-refractivity contribution in [2.45, 2.75) is 51.3 Å². The van der Waals surface area contributed by atoms with Crippen LogP contribution < -0.4 is 0 Å². The van der Waals surface area contributed by atoms with Gasteiger partial charge in [0, 0.05) is 19.0 Å². The number of rotatable bonds is 2. The molecule has 1 aliphatic heterocycles. The normalized spacial score (nSPS) is 18.5. The zero-order chi connectivity index (χ0) is 19.7. The Hall–Kier alpha value is -2.25. The SMILES string of the molecule is CC(C)(C)OC(=O)N1CCCC(c2ccc(C(F)(F)F)cc2C(=O)O)C1. The Balaban J connectivity index is 2.27. The highest BCUT2D eigenvalue weighted by Gasteiger charge is 2.34. The Labute approximate surface area is 149 Å². The van der Waals surface area contributed by atoms with Gasteiger partial charge in [0.1, 0.15) is 5.60 Å². The summed E-state index contributed by atoms with van der Waals surface area (Å²) in [6.45, 7) is 5.90. The maximum Gasteiger partial charge on any atom is 0.416 e. The van der Waals surface area contributed by atoms with Gasteiger partial charge in [0.2, 0.25) is 0 Å². The van der Waals surface area contributed by atoms with Gasteiger partial charge in [-0.1, -0.05) is 6.07 Å². The molecule has 0 aliphatic carbocycles. The van der Waals surface area contributed by atoms with E-state index < -0.39 is 29.4 Å². The predicted octanol–water partition coefficient (Wildman–Crippen LogP) is 4.52. The number of piperidine rings is 1. The number of benzene rings is 1. The molecule has 1 atom stereocenters. The van der Waals surface area contributed by atoms with Crippen LogP contribution in [0.4, 0.5) is 18.0 Å². The molecular formula is C18H22F3NO4. The molecule has 2 rings (SSSR count). The Morgan fingerprint density at radius 2 is 1.88 bits per heavy atom. The van der Waals surface area contributed by atoms with Crippen LogP contribution in [0.5, 0.6) is 0 Å². The predicted molar refractivity (Wildman–Crippen MR) is 88.2 cm³/mol. The summed E-state index contributed by atoms with van der Waals surface area (Å²) in [6, 6.07) is 2.74. The summed E-state index contributed by atoms with van der Waals surface area (Å²) in [5.74, 6) is -1.77. The fraction of sp³-hybridized carbons (Fsp3) is 0.556. The van der Waals surface area contributed by atoms with Crippen LogP contribution in [0.15, 0.2) is 18.2 Å². The van der Waals surface area contributed by atoms with E-state index in [4.69, 9.17) is 4.74 Å². The fourth-order valence-corrected chi connectivity index (χ4v) is 3.00. The number of alkyl halides is 3. The van der Waals surface area contributed by atoms with Gasteiger partial charge in [-0.25, -0.2) is 9.59 Å². The molecule has 144 valence electrons. The second-order valence-corrected chi connectivity index (χ2v) is 7.37. The first-order chi connectivity index (χ1) is 11.9. The second kappa shape index (κ2) is 7.17. The third kappa shape index (κ3) is 4.89. The zero-order valence-electron chi connectivity index (χ0n) is 14.9. The maximum atomic E-state index is 12.9. The number of carbonyl (C=O) groups is 2. The van der Waals surface area contributed by atoms with Gasteiger partial charge >= 0.3 is 18.2 Å². The van der Waals surface area contributed by atoms with Crippen molar-refractivity contribution in [2.75, 3.05) is 13.1 Å². The Bertz CT molecular complexity index is 695. The molecular weight excluding hydrogens is 351 g/mol. The van der Waals surface area contributed by atoms with E-state index in [2.05, 4.69) is 0 Å². The Kier molecular flexibility index (Phi) is 5.53. The van der Waals surface area contributed by atoms with Crippen molar-refractivity contribution in [3.05, 3.63) is 34.9 Å². The number of carbonyl (C=O) groups excluding carboxylic acids is 1. The van der Waals surface area contributed by atoms with Crippen molar-refractivity contribution in [1.29, 1.82) is 0 Å². The summed E-state index contributed by atoms with van der Waals surface area (Å²) in [5.41, 5.74) is -1.74. The van der Waals surface area contributed by atoms with Gasteiger partial charge in [0.05, 0.1) is 11.1 Å². The molecule has 1 N–H and O–H groups in total. The molecule has 1 fully saturated rings. The van der Waals surface area contributed by atoms with Gasteiger partial charge < -0.3 is 14.7 Å². The topological polar surface area (TPSA) is 66.8 Å². The number of halogens is 3. The van der Waals surface area contributed by atoms with Crippen molar-refractivity contribution in [3.8, 4) is 0 Å². The monoisotopic (exact) mass is 373 g/mol. The van der Waals surface area contributed by atoms with E-state index in [1.54, 1.807) is 20.8 Å². The standard InChI is InChI=1S/C18H22F3NO4/c1-17(2,3)26-16(25)22-8-4-5-11(10-22)13-7-6-12(18(19,20)21)9-14(13)15(23)24/h6-7,9,11H,4-5,8,10H2,1-3H3,(H,23,24). The Morgan fingerprint density at radius 1 is 1.23 bits per heavy atom. The summed E-state index contributed by atoms with van der Waals surface area (Å²) in [6.07, 6.45) is -3.92. The molecule has 26 heavy (non-hydrogen) atoms. The molecule has 1 saturated heterocycles. The summed E-state index contributed by atoms with van der Waals surface area (Å²) in [7, 11) is 0. The van der Waals surface area contributed by atoms with Crippen LogP contribution in [-0.4, -0.2) is 40.8 Å². The van der Waals surface area contributed by atoms with Crippen LogP contribution in [-0.2, 0) is 10.9 Å². The highest BCUT2D eigenvalue weighted by Crippen LogP contribution is 2.35. The van der Waals surface area contributed by atoms with Crippen molar-refractivity contribution in [1.82, 2.24) is 4.90 Å². The smallest absolute Gasteiger partial charge is 0.416 e. The van der Waals surface area contributed by atoms with Gasteiger partial charge in [-0.15, -0.1) is 0 Å². The number of amides is 1. The average molecular weight is 373 g/mol. The van der Waals surface area contributed by atoms with Crippen LogP contribution in [0, 0.1) is 0 Å². The molecule has 0 spiro atoms. The molecule has 1 aliphatic rings. The van der Waals surface area contributed by atoms with Gasteiger partial charge in [0.15, 0.2) is 0 Å². The molecule has 0 bridgehead atoms. The van der Waals surface area contributed by atoms with Crippen LogP contribution in [0.1, 0.15) is 61.0 Å². The largest absolute Gasteiger partial charge is 0.478 e. The van der Waals surface area contributed by atoms with Crippen molar-refractivity contribution < 1.29 is 32.6 Å².